The molecule has 2 spiro atoms. The van der Waals surface area contributed by atoms with E-state index in [-0.39, 0.29) is 5.96 Å². The molecular weight excluding hydrogens is 405 g/mol. The highest BCUT2D eigenvalue weighted by atomic mass is 19.4. The van der Waals surface area contributed by atoms with Gasteiger partial charge in [0.2, 0.25) is 0 Å². The molecule has 0 radical (unpaired) electrons. The minimum Gasteiger partial charge on any atom is -0.369 e. The van der Waals surface area contributed by atoms with E-state index < -0.39 is 36.0 Å². The molecule has 5 nitrogen and oxygen atoms in total. The lowest BCUT2D eigenvalue weighted by atomic mass is 9.55. The summed E-state index contributed by atoms with van der Waals surface area (Å²) in [6, 6.07) is 7.36. The highest BCUT2D eigenvalue weighted by Crippen LogP contribution is 2.64. The van der Waals surface area contributed by atoms with Crippen LogP contribution in [-0.4, -0.2) is 29.5 Å². The van der Waals surface area contributed by atoms with Gasteiger partial charge in [-0.1, -0.05) is 26.8 Å². The van der Waals surface area contributed by atoms with E-state index in [4.69, 9.17) is 5.73 Å². The standard InChI is InChI=1S/C23H27F3N4O/c1-13-9-21(10-14(2)15(13)3)11-17-5-4-16(12-27)8-18(17)23(21)19(31)30(20(28)29-23)7-6-22(24,25)26/h4-5,8,13-15H,6-7,9-11H2,1-3H3,(H2,28,29)/t13-,14+,15+,21+,23-/m1/s1. The second-order valence-electron chi connectivity index (χ2n) is 9.67. The Balaban J connectivity index is 1.86. The van der Waals surface area contributed by atoms with Gasteiger partial charge in [-0.3, -0.25) is 9.69 Å². The van der Waals surface area contributed by atoms with Gasteiger partial charge in [0.25, 0.3) is 5.91 Å². The number of rotatable bonds is 2. The molecule has 3 aliphatic rings. The predicted octanol–water partition coefficient (Wildman–Crippen LogP) is 4.11. The molecule has 0 aromatic heterocycles. The van der Waals surface area contributed by atoms with Crippen LogP contribution in [0.4, 0.5) is 13.2 Å². The molecule has 1 aromatic carbocycles. The number of halogens is 3. The summed E-state index contributed by atoms with van der Waals surface area (Å²) in [5.74, 6) is 0.442. The highest BCUT2D eigenvalue weighted by molar-refractivity contribution is 6.08. The summed E-state index contributed by atoms with van der Waals surface area (Å²) in [5.41, 5.74) is 6.11. The monoisotopic (exact) mass is 432 g/mol. The van der Waals surface area contributed by atoms with Gasteiger partial charge in [-0.15, -0.1) is 0 Å². The second-order valence-corrected chi connectivity index (χ2v) is 9.67. The Hall–Kier alpha value is -2.56. The van der Waals surface area contributed by atoms with Crippen LogP contribution >= 0.6 is 0 Å². The fraction of sp³-hybridized carbons (Fsp3) is 0.609. The summed E-state index contributed by atoms with van der Waals surface area (Å²) in [6.45, 7) is 5.97. The van der Waals surface area contributed by atoms with Crippen LogP contribution in [0.1, 0.15) is 56.7 Å². The number of nitrogens with zero attached hydrogens (tertiary/aromatic N) is 3. The molecular formula is C23H27F3N4O. The van der Waals surface area contributed by atoms with E-state index in [9.17, 15) is 23.2 Å². The van der Waals surface area contributed by atoms with Gasteiger partial charge in [0.05, 0.1) is 18.1 Å². The van der Waals surface area contributed by atoms with Crippen LogP contribution in [0.2, 0.25) is 0 Å². The third-order valence-electron chi connectivity index (χ3n) is 7.88. The summed E-state index contributed by atoms with van der Waals surface area (Å²) in [4.78, 5) is 19.5. The Morgan fingerprint density at radius 2 is 1.90 bits per heavy atom. The van der Waals surface area contributed by atoms with E-state index in [1.807, 2.05) is 6.07 Å². The Kier molecular flexibility index (Phi) is 4.87. The molecule has 1 aliphatic heterocycles. The van der Waals surface area contributed by atoms with Crippen LogP contribution in [0.5, 0.6) is 0 Å². The molecule has 0 saturated heterocycles. The van der Waals surface area contributed by atoms with Gasteiger partial charge in [0.1, 0.15) is 0 Å². The summed E-state index contributed by atoms with van der Waals surface area (Å²) in [7, 11) is 0. The molecule has 166 valence electrons. The number of benzene rings is 1. The Morgan fingerprint density at radius 1 is 1.26 bits per heavy atom. The average molecular weight is 432 g/mol. The SMILES string of the molecule is C[C@H]1[C@H](C)C[C@@]2(Cc3ccc(C#N)cc3[C@]23N=C(N)N(CCC(F)(F)F)C3=O)C[C@@H]1C. The number of alkyl halides is 3. The highest BCUT2D eigenvalue weighted by Gasteiger charge is 2.67. The minimum absolute atomic E-state index is 0.164. The Morgan fingerprint density at radius 3 is 2.48 bits per heavy atom. The van der Waals surface area contributed by atoms with Gasteiger partial charge < -0.3 is 5.73 Å². The molecule has 0 bridgehead atoms. The number of carbonyl (C=O) groups is 1. The van der Waals surface area contributed by atoms with Crippen LogP contribution in [-0.2, 0) is 16.8 Å². The van der Waals surface area contributed by atoms with Gasteiger partial charge in [0, 0.05) is 12.0 Å². The molecule has 8 heteroatoms. The maximum atomic E-state index is 13.9. The van der Waals surface area contributed by atoms with Crippen molar-refractivity contribution in [2.45, 2.75) is 58.2 Å². The molecule has 2 aliphatic carbocycles. The van der Waals surface area contributed by atoms with Crippen molar-refractivity contribution in [2.75, 3.05) is 6.54 Å². The predicted molar refractivity (Wildman–Crippen MR) is 110 cm³/mol. The Bertz CT molecular complexity index is 984. The van der Waals surface area contributed by atoms with E-state index in [0.29, 0.717) is 35.3 Å². The minimum atomic E-state index is -4.40. The topological polar surface area (TPSA) is 82.5 Å². The van der Waals surface area contributed by atoms with Crippen LogP contribution in [0.15, 0.2) is 23.2 Å². The van der Waals surface area contributed by atoms with Crippen molar-refractivity contribution >= 4 is 11.9 Å². The van der Waals surface area contributed by atoms with Crippen molar-refractivity contribution in [3.8, 4) is 6.07 Å². The number of aliphatic imine (C=N–C) groups is 1. The molecule has 4 rings (SSSR count). The van der Waals surface area contributed by atoms with E-state index in [1.54, 1.807) is 12.1 Å². The fourth-order valence-electron chi connectivity index (χ4n) is 6.16. The normalized spacial score (nSPS) is 34.9. The Labute approximate surface area is 180 Å². The molecule has 0 unspecified atom stereocenters. The summed E-state index contributed by atoms with van der Waals surface area (Å²) >= 11 is 0. The zero-order chi connectivity index (χ0) is 22.8. The zero-order valence-corrected chi connectivity index (χ0v) is 18.0. The second kappa shape index (κ2) is 6.98. The molecule has 1 amide bonds. The lowest BCUT2D eigenvalue weighted by molar-refractivity contribution is -0.146. The summed E-state index contributed by atoms with van der Waals surface area (Å²) < 4.78 is 38.7. The van der Waals surface area contributed by atoms with E-state index in [0.717, 1.165) is 23.3 Å². The first kappa shape index (κ1) is 21.7. The fourth-order valence-corrected chi connectivity index (χ4v) is 6.16. The number of nitrogens with two attached hydrogens (primary N) is 1. The molecule has 1 heterocycles. The molecule has 2 N–H and O–H groups in total. The number of fused-ring (bicyclic) bond motifs is 3. The third-order valence-corrected chi connectivity index (χ3v) is 7.88. The van der Waals surface area contributed by atoms with E-state index in [2.05, 4.69) is 31.8 Å². The van der Waals surface area contributed by atoms with Crippen molar-refractivity contribution in [1.82, 2.24) is 4.90 Å². The number of guanidine groups is 1. The number of hydrogen-bond donors (Lipinski definition) is 1. The maximum Gasteiger partial charge on any atom is 0.390 e. The van der Waals surface area contributed by atoms with Crippen LogP contribution in [0.3, 0.4) is 0 Å². The third kappa shape index (κ3) is 3.12. The molecule has 5 atom stereocenters. The number of amides is 1. The quantitative estimate of drug-likeness (QED) is 0.764. The summed E-state index contributed by atoms with van der Waals surface area (Å²) in [5, 5.41) is 9.43. The van der Waals surface area contributed by atoms with Crippen LogP contribution < -0.4 is 5.73 Å². The van der Waals surface area contributed by atoms with E-state index >= 15 is 0 Å². The van der Waals surface area contributed by atoms with Crippen molar-refractivity contribution in [3.05, 3.63) is 34.9 Å². The first-order valence-electron chi connectivity index (χ1n) is 10.7. The van der Waals surface area contributed by atoms with Gasteiger partial charge in [0.15, 0.2) is 11.5 Å². The molecule has 1 saturated carbocycles. The average Bonchev–Trinajstić information content (AvgIpc) is 3.09. The van der Waals surface area contributed by atoms with Gasteiger partial charge in [-0.25, -0.2) is 4.99 Å². The van der Waals surface area contributed by atoms with Crippen LogP contribution in [0, 0.1) is 34.5 Å². The summed E-state index contributed by atoms with van der Waals surface area (Å²) in [6.07, 6.45) is -3.49. The largest absolute Gasteiger partial charge is 0.390 e. The lowest BCUT2D eigenvalue weighted by Gasteiger charge is -2.50. The zero-order valence-electron chi connectivity index (χ0n) is 18.0. The number of hydrogen-bond acceptors (Lipinski definition) is 4. The molecule has 31 heavy (non-hydrogen) atoms. The number of carbonyl (C=O) groups excluding carboxylic acids is 1. The first-order chi connectivity index (χ1) is 14.4. The van der Waals surface area contributed by atoms with Crippen molar-refractivity contribution in [2.24, 2.45) is 33.9 Å². The van der Waals surface area contributed by atoms with Crippen LogP contribution in [0.25, 0.3) is 0 Å². The maximum absolute atomic E-state index is 13.9. The smallest absolute Gasteiger partial charge is 0.369 e. The first-order valence-corrected chi connectivity index (χ1v) is 10.7. The molecule has 1 aromatic rings. The van der Waals surface area contributed by atoms with E-state index in [1.165, 1.54) is 0 Å². The van der Waals surface area contributed by atoms with Gasteiger partial charge >= 0.3 is 6.18 Å². The van der Waals surface area contributed by atoms with Crippen molar-refractivity contribution in [3.63, 3.8) is 0 Å². The molecule has 1 fully saturated rings. The van der Waals surface area contributed by atoms with Crippen molar-refractivity contribution in [1.29, 1.82) is 5.26 Å². The van der Waals surface area contributed by atoms with Crippen molar-refractivity contribution < 1.29 is 18.0 Å². The number of nitriles is 1. The van der Waals surface area contributed by atoms with Gasteiger partial charge in [-0.2, -0.15) is 18.4 Å². The lowest BCUT2D eigenvalue weighted by Crippen LogP contribution is -2.54. The van der Waals surface area contributed by atoms with Gasteiger partial charge in [-0.05, 0) is 60.3 Å².